The van der Waals surface area contributed by atoms with E-state index in [9.17, 15) is 4.39 Å². The molecule has 0 aliphatic rings. The standard InChI is InChI=1S/C15H14FN3O/c1-10-2-5-15(14(8-18)19-10)20-9-12-6-13(16)4-3-11(12)7-17/h2-6H,8-9,18H2,1H3. The van der Waals surface area contributed by atoms with Crippen molar-refractivity contribution in [2.24, 2.45) is 5.73 Å². The molecular weight excluding hydrogens is 257 g/mol. The second-order valence-corrected chi connectivity index (χ2v) is 4.30. The molecule has 0 amide bonds. The van der Waals surface area contributed by atoms with Crippen molar-refractivity contribution in [2.45, 2.75) is 20.1 Å². The maximum Gasteiger partial charge on any atom is 0.142 e. The van der Waals surface area contributed by atoms with E-state index in [1.807, 2.05) is 19.1 Å². The Morgan fingerprint density at radius 1 is 1.35 bits per heavy atom. The highest BCUT2D eigenvalue weighted by atomic mass is 19.1. The van der Waals surface area contributed by atoms with Crippen molar-refractivity contribution < 1.29 is 9.13 Å². The first-order chi connectivity index (χ1) is 9.63. The van der Waals surface area contributed by atoms with E-state index in [-0.39, 0.29) is 13.2 Å². The number of hydrogen-bond donors (Lipinski definition) is 1. The minimum absolute atomic E-state index is 0.0956. The largest absolute Gasteiger partial charge is 0.487 e. The lowest BCUT2D eigenvalue weighted by Gasteiger charge is -2.11. The van der Waals surface area contributed by atoms with Gasteiger partial charge in [-0.15, -0.1) is 0 Å². The van der Waals surface area contributed by atoms with Gasteiger partial charge in [0.2, 0.25) is 0 Å². The lowest BCUT2D eigenvalue weighted by atomic mass is 10.1. The molecule has 0 aliphatic heterocycles. The number of ether oxygens (including phenoxy) is 1. The van der Waals surface area contributed by atoms with E-state index in [0.717, 1.165) is 5.69 Å². The first kappa shape index (κ1) is 14.0. The maximum atomic E-state index is 13.2. The number of hydrogen-bond acceptors (Lipinski definition) is 4. The molecule has 2 N–H and O–H groups in total. The zero-order chi connectivity index (χ0) is 14.5. The molecule has 0 atom stereocenters. The number of benzene rings is 1. The molecular formula is C15H14FN3O. The van der Waals surface area contributed by atoms with E-state index in [1.54, 1.807) is 6.07 Å². The Morgan fingerprint density at radius 2 is 2.15 bits per heavy atom. The highest BCUT2D eigenvalue weighted by Gasteiger charge is 2.08. The monoisotopic (exact) mass is 271 g/mol. The quantitative estimate of drug-likeness (QED) is 0.927. The summed E-state index contributed by atoms with van der Waals surface area (Å²) in [7, 11) is 0. The van der Waals surface area contributed by atoms with Gasteiger partial charge in [0.1, 0.15) is 18.2 Å². The van der Waals surface area contributed by atoms with Gasteiger partial charge >= 0.3 is 0 Å². The predicted octanol–water partition coefficient (Wildman–Crippen LogP) is 2.44. The van der Waals surface area contributed by atoms with Gasteiger partial charge in [0.15, 0.2) is 0 Å². The van der Waals surface area contributed by atoms with Gasteiger partial charge in [-0.1, -0.05) is 0 Å². The van der Waals surface area contributed by atoms with Gasteiger partial charge in [0, 0.05) is 17.8 Å². The van der Waals surface area contributed by atoms with Crippen LogP contribution in [0, 0.1) is 24.1 Å². The van der Waals surface area contributed by atoms with Crippen LogP contribution in [-0.2, 0) is 13.2 Å². The van der Waals surface area contributed by atoms with Crippen LogP contribution in [0.5, 0.6) is 5.75 Å². The molecule has 0 unspecified atom stereocenters. The minimum Gasteiger partial charge on any atom is -0.487 e. The van der Waals surface area contributed by atoms with E-state index in [1.165, 1.54) is 18.2 Å². The topological polar surface area (TPSA) is 71.9 Å². The third kappa shape index (κ3) is 3.11. The summed E-state index contributed by atoms with van der Waals surface area (Å²) in [6.07, 6.45) is 0. The second kappa shape index (κ2) is 6.13. The van der Waals surface area contributed by atoms with Gasteiger partial charge < -0.3 is 10.5 Å². The van der Waals surface area contributed by atoms with Crippen LogP contribution in [0.1, 0.15) is 22.5 Å². The number of aryl methyl sites for hydroxylation is 1. The van der Waals surface area contributed by atoms with Gasteiger partial charge in [-0.2, -0.15) is 5.26 Å². The number of nitrogens with two attached hydrogens (primary N) is 1. The van der Waals surface area contributed by atoms with E-state index >= 15 is 0 Å². The molecule has 1 aromatic carbocycles. The third-order valence-corrected chi connectivity index (χ3v) is 2.84. The summed E-state index contributed by atoms with van der Waals surface area (Å²) in [5.41, 5.74) is 7.99. The fraction of sp³-hybridized carbons (Fsp3) is 0.200. The van der Waals surface area contributed by atoms with Crippen LogP contribution in [0.2, 0.25) is 0 Å². The summed E-state index contributed by atoms with van der Waals surface area (Å²) in [5, 5.41) is 8.98. The Morgan fingerprint density at radius 3 is 2.85 bits per heavy atom. The summed E-state index contributed by atoms with van der Waals surface area (Å²) in [4.78, 5) is 4.27. The van der Waals surface area contributed by atoms with Crippen molar-refractivity contribution >= 4 is 0 Å². The highest BCUT2D eigenvalue weighted by Crippen LogP contribution is 2.19. The first-order valence-corrected chi connectivity index (χ1v) is 6.12. The van der Waals surface area contributed by atoms with E-state index in [2.05, 4.69) is 4.98 Å². The third-order valence-electron chi connectivity index (χ3n) is 2.84. The number of nitriles is 1. The highest BCUT2D eigenvalue weighted by molar-refractivity contribution is 5.38. The molecule has 5 heteroatoms. The Hall–Kier alpha value is -2.45. The van der Waals surface area contributed by atoms with Crippen molar-refractivity contribution in [3.8, 4) is 11.8 Å². The molecule has 20 heavy (non-hydrogen) atoms. The van der Waals surface area contributed by atoms with E-state index in [4.69, 9.17) is 15.7 Å². The molecule has 0 fully saturated rings. The summed E-state index contributed by atoms with van der Waals surface area (Å²) in [5.74, 6) is 0.148. The van der Waals surface area contributed by atoms with Crippen molar-refractivity contribution in [2.75, 3.05) is 0 Å². The number of halogens is 1. The number of rotatable bonds is 4. The minimum atomic E-state index is -0.399. The summed E-state index contributed by atoms with van der Waals surface area (Å²) in [6.45, 7) is 2.22. The number of pyridine rings is 1. The van der Waals surface area contributed by atoms with Gasteiger partial charge in [-0.25, -0.2) is 4.39 Å². The lowest BCUT2D eigenvalue weighted by Crippen LogP contribution is -2.06. The first-order valence-electron chi connectivity index (χ1n) is 6.12. The van der Waals surface area contributed by atoms with Crippen LogP contribution in [0.3, 0.4) is 0 Å². The van der Waals surface area contributed by atoms with E-state index < -0.39 is 5.82 Å². The molecule has 2 aromatic rings. The molecule has 0 spiro atoms. The Bertz CT molecular complexity index is 665. The maximum absolute atomic E-state index is 13.2. The van der Waals surface area contributed by atoms with Crippen molar-refractivity contribution in [1.29, 1.82) is 5.26 Å². The van der Waals surface area contributed by atoms with Gasteiger partial charge in [0.05, 0.1) is 17.3 Å². The molecule has 102 valence electrons. The van der Waals surface area contributed by atoms with Crippen LogP contribution in [0.15, 0.2) is 30.3 Å². The predicted molar refractivity (Wildman–Crippen MR) is 72.3 cm³/mol. The molecule has 0 radical (unpaired) electrons. The molecule has 4 nitrogen and oxygen atoms in total. The Labute approximate surface area is 116 Å². The zero-order valence-electron chi connectivity index (χ0n) is 11.1. The van der Waals surface area contributed by atoms with E-state index in [0.29, 0.717) is 22.6 Å². The van der Waals surface area contributed by atoms with Gasteiger partial charge in [0.25, 0.3) is 0 Å². The zero-order valence-corrected chi connectivity index (χ0v) is 11.1. The van der Waals surface area contributed by atoms with Crippen molar-refractivity contribution in [1.82, 2.24) is 4.98 Å². The van der Waals surface area contributed by atoms with Crippen LogP contribution in [0.4, 0.5) is 4.39 Å². The smallest absolute Gasteiger partial charge is 0.142 e. The van der Waals surface area contributed by atoms with Crippen LogP contribution in [0.25, 0.3) is 0 Å². The van der Waals surface area contributed by atoms with Crippen LogP contribution >= 0.6 is 0 Å². The second-order valence-electron chi connectivity index (χ2n) is 4.30. The van der Waals surface area contributed by atoms with Gasteiger partial charge in [-0.05, 0) is 37.3 Å². The lowest BCUT2D eigenvalue weighted by molar-refractivity contribution is 0.300. The normalized spacial score (nSPS) is 10.1. The summed E-state index contributed by atoms with van der Waals surface area (Å²) in [6, 6.07) is 9.57. The summed E-state index contributed by atoms with van der Waals surface area (Å²) < 4.78 is 18.8. The van der Waals surface area contributed by atoms with Crippen molar-refractivity contribution in [3.05, 3.63) is 58.7 Å². The van der Waals surface area contributed by atoms with Crippen LogP contribution < -0.4 is 10.5 Å². The average molecular weight is 271 g/mol. The fourth-order valence-corrected chi connectivity index (χ4v) is 1.82. The van der Waals surface area contributed by atoms with Crippen LogP contribution in [-0.4, -0.2) is 4.98 Å². The Balaban J connectivity index is 2.21. The van der Waals surface area contributed by atoms with Gasteiger partial charge in [-0.3, -0.25) is 4.98 Å². The molecule has 0 aliphatic carbocycles. The molecule has 0 saturated carbocycles. The molecule has 2 rings (SSSR count). The number of aromatic nitrogens is 1. The molecule has 1 aromatic heterocycles. The van der Waals surface area contributed by atoms with Crippen molar-refractivity contribution in [3.63, 3.8) is 0 Å². The molecule has 1 heterocycles. The average Bonchev–Trinajstić information content (AvgIpc) is 2.46. The molecule has 0 bridgehead atoms. The molecule has 0 saturated heterocycles. The fourth-order valence-electron chi connectivity index (χ4n) is 1.82. The Kier molecular flexibility index (Phi) is 4.28. The SMILES string of the molecule is Cc1ccc(OCc2cc(F)ccc2C#N)c(CN)n1. The number of nitrogens with zero attached hydrogens (tertiary/aromatic N) is 2. The summed E-state index contributed by atoms with van der Waals surface area (Å²) >= 11 is 0.